The lowest BCUT2D eigenvalue weighted by atomic mass is 10.0. The number of fused-ring (bicyclic) bond motifs is 1. The summed E-state index contributed by atoms with van der Waals surface area (Å²) in [6, 6.07) is 3.28. The van der Waals surface area contributed by atoms with Gasteiger partial charge in [-0.2, -0.15) is 0 Å². The van der Waals surface area contributed by atoms with E-state index in [9.17, 15) is 14.9 Å². The van der Waals surface area contributed by atoms with E-state index in [-0.39, 0.29) is 23.9 Å². The summed E-state index contributed by atoms with van der Waals surface area (Å²) in [5.74, 6) is 0.385. The van der Waals surface area contributed by atoms with Gasteiger partial charge in [0, 0.05) is 31.4 Å². The van der Waals surface area contributed by atoms with E-state index >= 15 is 0 Å². The van der Waals surface area contributed by atoms with Gasteiger partial charge in [0.2, 0.25) is 5.91 Å². The maximum Gasteiger partial charge on any atom is 0.312 e. The van der Waals surface area contributed by atoms with Crippen molar-refractivity contribution in [2.24, 2.45) is 0 Å². The summed E-state index contributed by atoms with van der Waals surface area (Å²) in [5.41, 5.74) is 1.75. The van der Waals surface area contributed by atoms with E-state index in [0.29, 0.717) is 0 Å². The van der Waals surface area contributed by atoms with Crippen molar-refractivity contribution in [3.63, 3.8) is 0 Å². The number of ether oxygens (including phenoxy) is 1. The number of benzene rings is 1. The minimum Gasteiger partial charge on any atom is -0.490 e. The number of nitrogens with zero attached hydrogens (tertiary/aromatic N) is 3. The molecule has 1 saturated heterocycles. The summed E-state index contributed by atoms with van der Waals surface area (Å²) in [4.78, 5) is 27.0. The van der Waals surface area contributed by atoms with Gasteiger partial charge in [-0.1, -0.05) is 0 Å². The number of aryl methyl sites for hydroxylation is 1. The van der Waals surface area contributed by atoms with Crippen LogP contribution in [0.3, 0.4) is 0 Å². The summed E-state index contributed by atoms with van der Waals surface area (Å²) in [6.45, 7) is 2.68. The van der Waals surface area contributed by atoms with E-state index in [4.69, 9.17) is 4.74 Å². The molecule has 0 unspecified atom stereocenters. The summed E-state index contributed by atoms with van der Waals surface area (Å²) in [6.07, 6.45) is 3.90. The van der Waals surface area contributed by atoms with Crippen LogP contribution in [-0.4, -0.2) is 49.0 Å². The average molecular weight is 319 g/mol. The molecule has 0 aromatic heterocycles. The smallest absolute Gasteiger partial charge is 0.312 e. The summed E-state index contributed by atoms with van der Waals surface area (Å²) >= 11 is 0. The van der Waals surface area contributed by atoms with Crippen LogP contribution in [0.2, 0.25) is 0 Å². The highest BCUT2D eigenvalue weighted by Gasteiger charge is 2.27. The van der Waals surface area contributed by atoms with Crippen LogP contribution in [0.4, 0.5) is 11.4 Å². The Balaban J connectivity index is 1.87. The van der Waals surface area contributed by atoms with Crippen molar-refractivity contribution in [1.82, 2.24) is 4.90 Å². The number of anilines is 1. The highest BCUT2D eigenvalue weighted by Crippen LogP contribution is 2.37. The van der Waals surface area contributed by atoms with Crippen LogP contribution in [0.15, 0.2) is 12.1 Å². The number of carbonyl (C=O) groups excluding carboxylic acids is 1. The number of hydrogen-bond donors (Lipinski definition) is 0. The second-order valence-electron chi connectivity index (χ2n) is 6.02. The predicted octanol–water partition coefficient (Wildman–Crippen LogP) is 1.98. The molecule has 7 heteroatoms. The lowest BCUT2D eigenvalue weighted by Gasteiger charge is -2.32. The van der Waals surface area contributed by atoms with Crippen LogP contribution in [0.1, 0.15) is 24.8 Å². The molecule has 2 aliphatic rings. The lowest BCUT2D eigenvalue weighted by molar-refractivity contribution is -0.385. The van der Waals surface area contributed by atoms with Gasteiger partial charge in [-0.15, -0.1) is 0 Å². The molecule has 0 aliphatic carbocycles. The topological polar surface area (TPSA) is 75.9 Å². The van der Waals surface area contributed by atoms with E-state index in [0.717, 1.165) is 56.6 Å². The number of amides is 1. The Labute approximate surface area is 135 Å². The van der Waals surface area contributed by atoms with E-state index in [1.165, 1.54) is 7.11 Å². The predicted molar refractivity (Wildman–Crippen MR) is 86.0 cm³/mol. The zero-order valence-electron chi connectivity index (χ0n) is 13.3. The quantitative estimate of drug-likeness (QED) is 0.626. The number of carbonyl (C=O) groups is 1. The van der Waals surface area contributed by atoms with Crippen molar-refractivity contribution < 1.29 is 14.5 Å². The molecule has 0 N–H and O–H groups in total. The van der Waals surface area contributed by atoms with Gasteiger partial charge >= 0.3 is 5.69 Å². The van der Waals surface area contributed by atoms with E-state index in [1.807, 2.05) is 9.80 Å². The molecule has 1 amide bonds. The Morgan fingerprint density at radius 2 is 2.00 bits per heavy atom. The molecule has 1 aromatic rings. The molecule has 0 saturated carbocycles. The fourth-order valence-corrected chi connectivity index (χ4v) is 3.38. The molecule has 2 heterocycles. The number of rotatable bonds is 4. The fourth-order valence-electron chi connectivity index (χ4n) is 3.38. The first-order valence-corrected chi connectivity index (χ1v) is 7.98. The van der Waals surface area contributed by atoms with E-state index in [2.05, 4.69) is 0 Å². The maximum absolute atomic E-state index is 12.4. The third-order valence-corrected chi connectivity index (χ3v) is 4.58. The van der Waals surface area contributed by atoms with Gasteiger partial charge in [0.25, 0.3) is 0 Å². The van der Waals surface area contributed by atoms with Crippen molar-refractivity contribution in [2.45, 2.75) is 25.7 Å². The van der Waals surface area contributed by atoms with Gasteiger partial charge < -0.3 is 14.5 Å². The van der Waals surface area contributed by atoms with Gasteiger partial charge in [0.05, 0.1) is 18.6 Å². The molecule has 0 bridgehead atoms. The number of methoxy groups -OCH3 is 1. The van der Waals surface area contributed by atoms with Crippen LogP contribution < -0.4 is 9.64 Å². The van der Waals surface area contributed by atoms with E-state index < -0.39 is 4.92 Å². The second kappa shape index (κ2) is 6.44. The van der Waals surface area contributed by atoms with Crippen LogP contribution in [0.5, 0.6) is 5.75 Å². The minimum absolute atomic E-state index is 0.0493. The van der Waals surface area contributed by atoms with Crippen molar-refractivity contribution >= 4 is 17.3 Å². The Bertz CT molecular complexity index is 626. The lowest BCUT2D eigenvalue weighted by Crippen LogP contribution is -2.41. The van der Waals surface area contributed by atoms with Crippen molar-refractivity contribution in [3.8, 4) is 5.75 Å². The van der Waals surface area contributed by atoms with E-state index in [1.54, 1.807) is 12.1 Å². The van der Waals surface area contributed by atoms with Crippen molar-refractivity contribution in [1.29, 1.82) is 0 Å². The number of nitro benzene ring substituents is 1. The maximum atomic E-state index is 12.4. The molecule has 1 aromatic carbocycles. The molecular formula is C16H21N3O4. The zero-order valence-corrected chi connectivity index (χ0v) is 13.3. The Kier molecular flexibility index (Phi) is 4.36. The number of likely N-dealkylation sites (tertiary alicyclic amines) is 1. The summed E-state index contributed by atoms with van der Waals surface area (Å²) in [5, 5.41) is 11.2. The van der Waals surface area contributed by atoms with Gasteiger partial charge in [-0.3, -0.25) is 14.9 Å². The third kappa shape index (κ3) is 3.09. The molecular weight excluding hydrogens is 298 g/mol. The highest BCUT2D eigenvalue weighted by molar-refractivity contribution is 5.82. The highest BCUT2D eigenvalue weighted by atomic mass is 16.6. The molecule has 124 valence electrons. The van der Waals surface area contributed by atoms with Gasteiger partial charge in [0.15, 0.2) is 5.75 Å². The Morgan fingerprint density at radius 3 is 2.65 bits per heavy atom. The normalized spacial score (nSPS) is 17.1. The third-order valence-electron chi connectivity index (χ3n) is 4.58. The minimum atomic E-state index is -0.436. The Morgan fingerprint density at radius 1 is 1.26 bits per heavy atom. The van der Waals surface area contributed by atoms with Crippen LogP contribution >= 0.6 is 0 Å². The number of hydrogen-bond acceptors (Lipinski definition) is 5. The van der Waals surface area contributed by atoms with Crippen LogP contribution in [0.25, 0.3) is 0 Å². The zero-order chi connectivity index (χ0) is 16.4. The van der Waals surface area contributed by atoms with Crippen LogP contribution in [-0.2, 0) is 11.2 Å². The standard InChI is InChI=1S/C16H21N3O4/c1-23-15-9-12-5-4-8-18(13(12)10-14(15)19(21)22)11-16(20)17-6-2-3-7-17/h9-10H,2-8,11H2,1H3. The SMILES string of the molecule is COc1cc2c(cc1[N+](=O)[O-])N(CC(=O)N1CCCC1)CCC2. The molecule has 3 rings (SSSR count). The first-order valence-electron chi connectivity index (χ1n) is 7.98. The molecule has 0 atom stereocenters. The Hall–Kier alpha value is -2.31. The molecule has 1 fully saturated rings. The fraction of sp³-hybridized carbons (Fsp3) is 0.562. The largest absolute Gasteiger partial charge is 0.490 e. The molecule has 23 heavy (non-hydrogen) atoms. The average Bonchev–Trinajstić information content (AvgIpc) is 3.08. The molecule has 0 spiro atoms. The first kappa shape index (κ1) is 15.6. The summed E-state index contributed by atoms with van der Waals surface area (Å²) < 4.78 is 5.13. The molecule has 0 radical (unpaired) electrons. The van der Waals surface area contributed by atoms with Gasteiger partial charge in [-0.05, 0) is 37.3 Å². The summed E-state index contributed by atoms with van der Waals surface area (Å²) in [7, 11) is 1.44. The van der Waals surface area contributed by atoms with Crippen LogP contribution in [0, 0.1) is 10.1 Å². The second-order valence-corrected chi connectivity index (χ2v) is 6.02. The van der Waals surface area contributed by atoms with Gasteiger partial charge in [0.1, 0.15) is 0 Å². The molecule has 7 nitrogen and oxygen atoms in total. The monoisotopic (exact) mass is 319 g/mol. The molecule has 2 aliphatic heterocycles. The number of nitro groups is 1. The van der Waals surface area contributed by atoms with Crippen molar-refractivity contribution in [2.75, 3.05) is 38.2 Å². The van der Waals surface area contributed by atoms with Crippen molar-refractivity contribution in [3.05, 3.63) is 27.8 Å². The first-order chi connectivity index (χ1) is 11.1. The van der Waals surface area contributed by atoms with Gasteiger partial charge in [-0.25, -0.2) is 0 Å².